The zero-order chi connectivity index (χ0) is 16.2. The molecule has 0 spiro atoms. The Morgan fingerprint density at radius 2 is 1.71 bits per heavy atom. The van der Waals surface area contributed by atoms with Crippen LogP contribution < -0.4 is 0 Å². The first-order valence-corrected chi connectivity index (χ1v) is 7.25. The fraction of sp³-hybridized carbons (Fsp3) is 0.786. The third-order valence-corrected chi connectivity index (χ3v) is 3.90. The molecule has 1 aliphatic rings. The van der Waals surface area contributed by atoms with Crippen LogP contribution in [0, 0.1) is 0 Å². The van der Waals surface area contributed by atoms with Gasteiger partial charge in [0.1, 0.15) is 12.1 Å². The number of nitrogens with zero attached hydrogens (tertiary/aromatic N) is 3. The van der Waals surface area contributed by atoms with Crippen LogP contribution in [-0.4, -0.2) is 76.5 Å². The minimum Gasteiger partial charge on any atom is -0.480 e. The van der Waals surface area contributed by atoms with Crippen molar-refractivity contribution in [2.45, 2.75) is 39.2 Å². The van der Waals surface area contributed by atoms with Crippen molar-refractivity contribution in [2.75, 3.05) is 33.2 Å². The number of aliphatic carboxylic acids is 1. The Balaban J connectivity index is 2.71. The lowest BCUT2D eigenvalue weighted by Gasteiger charge is -2.37. The summed E-state index contributed by atoms with van der Waals surface area (Å²) in [5.74, 6) is -1.16. The Kier molecular flexibility index (Phi) is 5.57. The number of likely N-dealkylation sites (tertiary alicyclic amines) is 1. The Labute approximate surface area is 125 Å². The topological polar surface area (TPSA) is 81.2 Å². The highest BCUT2D eigenvalue weighted by Gasteiger charge is 2.38. The van der Waals surface area contributed by atoms with E-state index in [0.29, 0.717) is 0 Å². The summed E-state index contributed by atoms with van der Waals surface area (Å²) < 4.78 is 0. The van der Waals surface area contributed by atoms with E-state index >= 15 is 0 Å². The van der Waals surface area contributed by atoms with Crippen molar-refractivity contribution in [3.63, 3.8) is 0 Å². The SMILES string of the molecule is CCN(C(=O)N(C)CC(=O)N1CCCC1)C(C)(C)C(=O)O. The van der Waals surface area contributed by atoms with Gasteiger partial charge in [-0.3, -0.25) is 4.79 Å². The maximum atomic E-state index is 12.4. The molecule has 120 valence electrons. The van der Waals surface area contributed by atoms with Crippen molar-refractivity contribution < 1.29 is 19.5 Å². The van der Waals surface area contributed by atoms with Crippen molar-refractivity contribution in [3.05, 3.63) is 0 Å². The molecule has 0 aromatic rings. The van der Waals surface area contributed by atoms with Crippen molar-refractivity contribution in [1.82, 2.24) is 14.7 Å². The Bertz CT molecular complexity index is 416. The van der Waals surface area contributed by atoms with Crippen LogP contribution in [0.3, 0.4) is 0 Å². The van der Waals surface area contributed by atoms with Crippen LogP contribution in [-0.2, 0) is 9.59 Å². The van der Waals surface area contributed by atoms with Crippen LogP contribution in [0.2, 0.25) is 0 Å². The summed E-state index contributed by atoms with van der Waals surface area (Å²) in [5.41, 5.74) is -1.31. The zero-order valence-electron chi connectivity index (χ0n) is 13.3. The lowest BCUT2D eigenvalue weighted by molar-refractivity contribution is -0.147. The molecule has 0 aromatic carbocycles. The molecule has 0 saturated carbocycles. The predicted octanol–water partition coefficient (Wildman–Crippen LogP) is 0.846. The fourth-order valence-corrected chi connectivity index (χ4v) is 2.43. The molecule has 0 aliphatic carbocycles. The average molecular weight is 299 g/mol. The van der Waals surface area contributed by atoms with E-state index in [1.807, 2.05) is 0 Å². The highest BCUT2D eigenvalue weighted by molar-refractivity contribution is 5.88. The summed E-state index contributed by atoms with van der Waals surface area (Å²) in [6.45, 7) is 6.39. The number of urea groups is 1. The van der Waals surface area contributed by atoms with Gasteiger partial charge >= 0.3 is 12.0 Å². The maximum absolute atomic E-state index is 12.4. The van der Waals surface area contributed by atoms with Gasteiger partial charge in [0.05, 0.1) is 0 Å². The van der Waals surface area contributed by atoms with Gasteiger partial charge in [-0.25, -0.2) is 9.59 Å². The van der Waals surface area contributed by atoms with Gasteiger partial charge in [0.15, 0.2) is 0 Å². The fourth-order valence-electron chi connectivity index (χ4n) is 2.43. The normalized spacial score (nSPS) is 15.0. The molecule has 1 aliphatic heterocycles. The molecule has 1 N–H and O–H groups in total. The van der Waals surface area contributed by atoms with E-state index in [4.69, 9.17) is 0 Å². The Morgan fingerprint density at radius 3 is 2.14 bits per heavy atom. The van der Waals surface area contributed by atoms with E-state index in [1.54, 1.807) is 11.8 Å². The maximum Gasteiger partial charge on any atom is 0.329 e. The number of rotatable bonds is 5. The molecule has 7 heteroatoms. The summed E-state index contributed by atoms with van der Waals surface area (Å²) in [5, 5.41) is 9.24. The minimum atomic E-state index is -1.31. The molecular formula is C14H25N3O4. The lowest BCUT2D eigenvalue weighted by atomic mass is 10.0. The van der Waals surface area contributed by atoms with Gasteiger partial charge in [0.2, 0.25) is 5.91 Å². The number of carbonyl (C=O) groups is 3. The molecule has 7 nitrogen and oxygen atoms in total. The number of carbonyl (C=O) groups excluding carboxylic acids is 2. The van der Waals surface area contributed by atoms with Gasteiger partial charge < -0.3 is 19.8 Å². The molecule has 0 unspecified atom stereocenters. The molecule has 21 heavy (non-hydrogen) atoms. The second-order valence-corrected chi connectivity index (χ2v) is 5.83. The first kappa shape index (κ1) is 17.3. The van der Waals surface area contributed by atoms with Crippen LogP contribution in [0.1, 0.15) is 33.6 Å². The quantitative estimate of drug-likeness (QED) is 0.816. The van der Waals surface area contributed by atoms with E-state index in [0.717, 1.165) is 25.9 Å². The number of carboxylic acid groups (broad SMARTS) is 1. The number of amides is 3. The smallest absolute Gasteiger partial charge is 0.329 e. The van der Waals surface area contributed by atoms with E-state index in [2.05, 4.69) is 0 Å². The van der Waals surface area contributed by atoms with Crippen LogP contribution >= 0.6 is 0 Å². The van der Waals surface area contributed by atoms with Crippen molar-refractivity contribution in [2.24, 2.45) is 0 Å². The Morgan fingerprint density at radius 1 is 1.19 bits per heavy atom. The van der Waals surface area contributed by atoms with Crippen molar-refractivity contribution in [3.8, 4) is 0 Å². The highest BCUT2D eigenvalue weighted by atomic mass is 16.4. The van der Waals surface area contributed by atoms with Gasteiger partial charge in [-0.15, -0.1) is 0 Å². The summed E-state index contributed by atoms with van der Waals surface area (Å²) in [6.07, 6.45) is 1.99. The summed E-state index contributed by atoms with van der Waals surface area (Å²) in [7, 11) is 1.52. The number of hydrogen-bond donors (Lipinski definition) is 1. The van der Waals surface area contributed by atoms with Crippen LogP contribution in [0.15, 0.2) is 0 Å². The molecule has 1 fully saturated rings. The first-order valence-electron chi connectivity index (χ1n) is 7.25. The van der Waals surface area contributed by atoms with Crippen LogP contribution in [0.4, 0.5) is 4.79 Å². The van der Waals surface area contributed by atoms with Gasteiger partial charge in [-0.1, -0.05) is 0 Å². The highest BCUT2D eigenvalue weighted by Crippen LogP contribution is 2.17. The van der Waals surface area contributed by atoms with E-state index in [1.165, 1.54) is 30.7 Å². The van der Waals surface area contributed by atoms with Crippen LogP contribution in [0.5, 0.6) is 0 Å². The molecule has 0 bridgehead atoms. The van der Waals surface area contributed by atoms with Gasteiger partial charge in [-0.05, 0) is 33.6 Å². The number of carboxylic acids is 1. The second-order valence-electron chi connectivity index (χ2n) is 5.83. The third-order valence-electron chi connectivity index (χ3n) is 3.90. The number of likely N-dealkylation sites (N-methyl/N-ethyl adjacent to an activating group) is 2. The van der Waals surface area contributed by atoms with Gasteiger partial charge in [0, 0.05) is 26.7 Å². The number of hydrogen-bond acceptors (Lipinski definition) is 3. The van der Waals surface area contributed by atoms with E-state index < -0.39 is 17.5 Å². The first-order chi connectivity index (χ1) is 9.71. The zero-order valence-corrected chi connectivity index (χ0v) is 13.3. The van der Waals surface area contributed by atoms with Crippen molar-refractivity contribution in [1.29, 1.82) is 0 Å². The van der Waals surface area contributed by atoms with Gasteiger partial charge in [-0.2, -0.15) is 0 Å². The monoisotopic (exact) mass is 299 g/mol. The molecule has 0 radical (unpaired) electrons. The molecule has 0 aromatic heterocycles. The Hall–Kier alpha value is -1.79. The standard InChI is InChI=1S/C14H25N3O4/c1-5-17(14(2,3)12(19)20)13(21)15(4)10-11(18)16-8-6-7-9-16/h5-10H2,1-4H3,(H,19,20). The third kappa shape index (κ3) is 3.86. The second kappa shape index (κ2) is 6.78. The van der Waals surface area contributed by atoms with Crippen molar-refractivity contribution >= 4 is 17.9 Å². The summed E-state index contributed by atoms with van der Waals surface area (Å²) >= 11 is 0. The molecule has 1 heterocycles. The molecule has 1 saturated heterocycles. The molecule has 3 amide bonds. The predicted molar refractivity (Wildman–Crippen MR) is 77.9 cm³/mol. The van der Waals surface area contributed by atoms with E-state index in [9.17, 15) is 19.5 Å². The molecule has 1 rings (SSSR count). The summed E-state index contributed by atoms with van der Waals surface area (Å²) in [4.78, 5) is 40.0. The summed E-state index contributed by atoms with van der Waals surface area (Å²) in [6, 6.07) is -0.447. The van der Waals surface area contributed by atoms with Gasteiger partial charge in [0.25, 0.3) is 0 Å². The molecule has 0 atom stereocenters. The molecular weight excluding hydrogens is 274 g/mol. The average Bonchev–Trinajstić information content (AvgIpc) is 2.92. The lowest BCUT2D eigenvalue weighted by Crippen LogP contribution is -2.57. The van der Waals surface area contributed by atoms with E-state index in [-0.39, 0.29) is 19.0 Å². The minimum absolute atomic E-state index is 0.0228. The largest absolute Gasteiger partial charge is 0.480 e. The van der Waals surface area contributed by atoms with Crippen LogP contribution in [0.25, 0.3) is 0 Å².